The van der Waals surface area contributed by atoms with E-state index in [0.717, 1.165) is 27.9 Å². The molecule has 0 aliphatic heterocycles. The lowest BCUT2D eigenvalue weighted by Crippen LogP contribution is -2.45. The number of thiophene rings is 1. The maximum Gasteiger partial charge on any atom is 0.244 e. The van der Waals surface area contributed by atoms with Crippen molar-refractivity contribution < 1.29 is 13.5 Å². The van der Waals surface area contributed by atoms with Crippen LogP contribution in [0.4, 0.5) is 0 Å². The lowest BCUT2D eigenvalue weighted by atomic mass is 9.93. The fourth-order valence-corrected chi connectivity index (χ4v) is 6.15. The predicted molar refractivity (Wildman–Crippen MR) is 75.4 cm³/mol. The van der Waals surface area contributed by atoms with Crippen molar-refractivity contribution in [2.75, 3.05) is 13.2 Å². The van der Waals surface area contributed by atoms with Gasteiger partial charge in [-0.1, -0.05) is 6.42 Å². The molecule has 0 saturated heterocycles. The Kier molecular flexibility index (Phi) is 4.48. The fourth-order valence-electron chi connectivity index (χ4n) is 2.09. The normalized spacial score (nSPS) is 17.1. The first kappa shape index (κ1) is 14.5. The molecule has 0 amide bonds. The Morgan fingerprint density at radius 2 is 2.22 bits per heavy atom. The summed E-state index contributed by atoms with van der Waals surface area (Å²) in [4.78, 5) is 1.14. The van der Waals surface area contributed by atoms with Crippen LogP contribution in [0.2, 0.25) is 0 Å². The first-order valence-corrected chi connectivity index (χ1v) is 8.90. The molecule has 0 aromatic carbocycles. The molecule has 0 bridgehead atoms. The summed E-state index contributed by atoms with van der Waals surface area (Å²) >= 11 is 4.74. The van der Waals surface area contributed by atoms with Gasteiger partial charge in [-0.05, 0) is 41.8 Å². The van der Waals surface area contributed by atoms with Gasteiger partial charge in [0, 0.05) is 17.5 Å². The van der Waals surface area contributed by atoms with Crippen LogP contribution in [0.5, 0.6) is 0 Å². The maximum atomic E-state index is 12.6. The third-order valence-corrected chi connectivity index (χ3v) is 6.99. The number of hydrogen-bond donors (Lipinski definition) is 1. The third-order valence-electron chi connectivity index (χ3n) is 3.23. The van der Waals surface area contributed by atoms with Crippen molar-refractivity contribution in [3.05, 3.63) is 14.7 Å². The van der Waals surface area contributed by atoms with E-state index in [9.17, 15) is 8.42 Å². The van der Waals surface area contributed by atoms with Crippen molar-refractivity contribution in [3.8, 4) is 0 Å². The molecule has 1 saturated carbocycles. The second kappa shape index (κ2) is 5.58. The fraction of sp³-hybridized carbons (Fsp3) is 0.636. The molecular formula is C11H16BrNO3S2. The van der Waals surface area contributed by atoms with Crippen LogP contribution in [0, 0.1) is 6.92 Å². The van der Waals surface area contributed by atoms with Gasteiger partial charge < -0.3 is 5.11 Å². The van der Waals surface area contributed by atoms with E-state index in [0.29, 0.717) is 4.90 Å². The molecule has 0 spiro atoms. The molecule has 1 aromatic rings. The number of halogens is 1. The first-order chi connectivity index (χ1) is 8.46. The minimum Gasteiger partial charge on any atom is -0.395 e. The van der Waals surface area contributed by atoms with Gasteiger partial charge in [-0.3, -0.25) is 0 Å². The quantitative estimate of drug-likeness (QED) is 0.883. The van der Waals surface area contributed by atoms with Crippen molar-refractivity contribution in [3.63, 3.8) is 0 Å². The smallest absolute Gasteiger partial charge is 0.244 e. The van der Waals surface area contributed by atoms with Gasteiger partial charge in [-0.2, -0.15) is 4.31 Å². The Morgan fingerprint density at radius 3 is 2.61 bits per heavy atom. The highest BCUT2D eigenvalue weighted by Gasteiger charge is 2.35. The molecule has 1 aromatic heterocycles. The van der Waals surface area contributed by atoms with E-state index in [4.69, 9.17) is 5.11 Å². The number of aryl methyl sites for hydroxylation is 1. The lowest BCUT2D eigenvalue weighted by molar-refractivity contribution is 0.178. The minimum absolute atomic E-state index is 0.0558. The van der Waals surface area contributed by atoms with E-state index < -0.39 is 10.0 Å². The predicted octanol–water partition coefficient (Wildman–Crippen LogP) is 2.35. The second-order valence-electron chi connectivity index (χ2n) is 4.40. The summed E-state index contributed by atoms with van der Waals surface area (Å²) in [5.74, 6) is 0. The van der Waals surface area contributed by atoms with Gasteiger partial charge in [0.25, 0.3) is 0 Å². The number of rotatable bonds is 5. The summed E-state index contributed by atoms with van der Waals surface area (Å²) in [6.07, 6.45) is 2.85. The van der Waals surface area contributed by atoms with Gasteiger partial charge in [0.05, 0.1) is 15.3 Å². The number of nitrogens with zero attached hydrogens (tertiary/aromatic N) is 1. The number of aliphatic hydroxyl groups excluding tert-OH is 1. The van der Waals surface area contributed by atoms with E-state index in [-0.39, 0.29) is 19.2 Å². The molecule has 1 N–H and O–H groups in total. The van der Waals surface area contributed by atoms with Gasteiger partial charge in [0.2, 0.25) is 10.0 Å². The zero-order valence-electron chi connectivity index (χ0n) is 10.1. The van der Waals surface area contributed by atoms with Crippen molar-refractivity contribution >= 4 is 37.3 Å². The molecule has 0 atom stereocenters. The SMILES string of the molecule is Cc1sc(Br)cc1S(=O)(=O)N(CCO)C1CCC1. The summed E-state index contributed by atoms with van der Waals surface area (Å²) in [5.41, 5.74) is 0. The van der Waals surface area contributed by atoms with Gasteiger partial charge in [0.15, 0.2) is 0 Å². The van der Waals surface area contributed by atoms with Crippen molar-refractivity contribution in [1.82, 2.24) is 4.31 Å². The van der Waals surface area contributed by atoms with Crippen molar-refractivity contribution in [2.24, 2.45) is 0 Å². The van der Waals surface area contributed by atoms with Crippen LogP contribution >= 0.6 is 27.3 Å². The molecule has 0 unspecified atom stereocenters. The Hall–Kier alpha value is 0.0500. The van der Waals surface area contributed by atoms with Crippen molar-refractivity contribution in [2.45, 2.75) is 37.1 Å². The Balaban J connectivity index is 2.35. The molecule has 2 rings (SSSR count). The molecule has 102 valence electrons. The second-order valence-corrected chi connectivity index (χ2v) is 8.89. The van der Waals surface area contributed by atoms with Crippen LogP contribution in [0.25, 0.3) is 0 Å². The maximum absolute atomic E-state index is 12.6. The van der Waals surface area contributed by atoms with Gasteiger partial charge in [-0.25, -0.2) is 8.42 Å². The summed E-state index contributed by atoms with van der Waals surface area (Å²) in [6.45, 7) is 1.85. The van der Waals surface area contributed by atoms with Crippen molar-refractivity contribution in [1.29, 1.82) is 0 Å². The zero-order valence-corrected chi connectivity index (χ0v) is 13.3. The molecule has 0 radical (unpaired) electrons. The average Bonchev–Trinajstić information content (AvgIpc) is 2.55. The van der Waals surface area contributed by atoms with Gasteiger partial charge >= 0.3 is 0 Å². The van der Waals surface area contributed by atoms with E-state index in [1.54, 1.807) is 13.0 Å². The van der Waals surface area contributed by atoms with E-state index in [1.165, 1.54) is 15.6 Å². The number of sulfonamides is 1. The monoisotopic (exact) mass is 353 g/mol. The molecule has 1 aliphatic rings. The summed E-state index contributed by atoms with van der Waals surface area (Å²) in [6, 6.07) is 1.71. The standard InChI is InChI=1S/C11H16BrNO3S2/c1-8-10(7-11(12)17-8)18(15,16)13(5-6-14)9-3-2-4-9/h7,9,14H,2-6H2,1H3. The zero-order chi connectivity index (χ0) is 13.3. The van der Waals surface area contributed by atoms with Crippen LogP contribution in [0.1, 0.15) is 24.1 Å². The molecule has 1 fully saturated rings. The summed E-state index contributed by atoms with van der Waals surface area (Å²) < 4.78 is 27.5. The van der Waals surface area contributed by atoms with Crippen LogP contribution in [0.3, 0.4) is 0 Å². The number of hydrogen-bond acceptors (Lipinski definition) is 4. The molecule has 1 heterocycles. The highest BCUT2D eigenvalue weighted by Crippen LogP contribution is 2.35. The largest absolute Gasteiger partial charge is 0.395 e. The number of aliphatic hydroxyl groups is 1. The van der Waals surface area contributed by atoms with Crippen LogP contribution in [0.15, 0.2) is 14.7 Å². The Bertz CT molecular complexity index is 522. The summed E-state index contributed by atoms with van der Waals surface area (Å²) in [5, 5.41) is 9.08. The molecule has 18 heavy (non-hydrogen) atoms. The Morgan fingerprint density at radius 1 is 1.56 bits per heavy atom. The van der Waals surface area contributed by atoms with Crippen LogP contribution in [-0.4, -0.2) is 37.0 Å². The van der Waals surface area contributed by atoms with E-state index >= 15 is 0 Å². The Labute approximate surface area is 120 Å². The lowest BCUT2D eigenvalue weighted by Gasteiger charge is -2.36. The molecule has 7 heteroatoms. The summed E-state index contributed by atoms with van der Waals surface area (Å²) in [7, 11) is -3.48. The average molecular weight is 354 g/mol. The van der Waals surface area contributed by atoms with Gasteiger partial charge in [0.1, 0.15) is 0 Å². The first-order valence-electron chi connectivity index (χ1n) is 5.85. The van der Waals surface area contributed by atoms with E-state index in [1.807, 2.05) is 0 Å². The highest BCUT2D eigenvalue weighted by atomic mass is 79.9. The molecule has 1 aliphatic carbocycles. The third kappa shape index (κ3) is 2.65. The van der Waals surface area contributed by atoms with Gasteiger partial charge in [-0.15, -0.1) is 11.3 Å². The molecular weight excluding hydrogens is 338 g/mol. The van der Waals surface area contributed by atoms with Crippen LogP contribution < -0.4 is 0 Å². The highest BCUT2D eigenvalue weighted by molar-refractivity contribution is 9.11. The molecule has 4 nitrogen and oxygen atoms in total. The topological polar surface area (TPSA) is 57.6 Å². The van der Waals surface area contributed by atoms with E-state index in [2.05, 4.69) is 15.9 Å². The minimum atomic E-state index is -3.48. The van der Waals surface area contributed by atoms with Crippen LogP contribution in [-0.2, 0) is 10.0 Å².